The molecule has 0 radical (unpaired) electrons. The topological polar surface area (TPSA) is 102 Å². The molecule has 0 aromatic heterocycles. The maximum absolute atomic E-state index is 11.5. The smallest absolute Gasteiger partial charge is 0.273 e. The monoisotopic (exact) mass is 282 g/mol. The largest absolute Gasteiger partial charge is 0.484 e. The van der Waals surface area contributed by atoms with Crippen LogP contribution < -0.4 is 10.1 Å². The molecule has 0 fully saturated rings. The molecule has 0 aliphatic rings. The van der Waals surface area contributed by atoms with Crippen LogP contribution in [-0.2, 0) is 4.79 Å². The molecule has 0 atom stereocenters. The zero-order valence-electron chi connectivity index (χ0n) is 11.5. The minimum Gasteiger partial charge on any atom is -0.484 e. The highest BCUT2D eigenvalue weighted by Crippen LogP contribution is 2.18. The van der Waals surface area contributed by atoms with Crippen molar-refractivity contribution < 1.29 is 19.6 Å². The Morgan fingerprint density at radius 3 is 2.80 bits per heavy atom. The number of carbonyl (C=O) groups is 1. The van der Waals surface area contributed by atoms with Crippen LogP contribution in [0.15, 0.2) is 24.3 Å². The van der Waals surface area contributed by atoms with E-state index in [0.29, 0.717) is 6.54 Å². The number of amides is 1. The first kappa shape index (κ1) is 15.9. The van der Waals surface area contributed by atoms with Crippen LogP contribution in [-0.4, -0.2) is 35.7 Å². The number of nitro benzene ring substituents is 1. The van der Waals surface area contributed by atoms with E-state index in [1.54, 1.807) is 0 Å². The number of aliphatic hydroxyl groups is 1. The fraction of sp³-hybridized carbons (Fsp3) is 0.462. The second-order valence-electron chi connectivity index (χ2n) is 5.14. The number of aliphatic hydroxyl groups excluding tert-OH is 1. The van der Waals surface area contributed by atoms with E-state index < -0.39 is 10.3 Å². The average molecular weight is 282 g/mol. The molecule has 0 unspecified atom stereocenters. The molecule has 0 aliphatic carbocycles. The molecule has 0 saturated carbocycles. The van der Waals surface area contributed by atoms with Crippen molar-refractivity contribution in [3.8, 4) is 5.75 Å². The maximum atomic E-state index is 11.5. The third kappa shape index (κ3) is 5.23. The van der Waals surface area contributed by atoms with Crippen LogP contribution in [0, 0.1) is 15.5 Å². The summed E-state index contributed by atoms with van der Waals surface area (Å²) < 4.78 is 5.18. The summed E-state index contributed by atoms with van der Waals surface area (Å²) in [6.07, 6.45) is 0. The predicted molar refractivity (Wildman–Crippen MR) is 72.5 cm³/mol. The van der Waals surface area contributed by atoms with Gasteiger partial charge in [0.05, 0.1) is 11.0 Å². The summed E-state index contributed by atoms with van der Waals surface area (Å²) >= 11 is 0. The quantitative estimate of drug-likeness (QED) is 0.576. The third-order valence-electron chi connectivity index (χ3n) is 2.59. The van der Waals surface area contributed by atoms with Gasteiger partial charge in [-0.15, -0.1) is 0 Å². The minimum atomic E-state index is -0.531. The molecule has 0 heterocycles. The van der Waals surface area contributed by atoms with Gasteiger partial charge in [0, 0.05) is 24.6 Å². The first-order valence-electron chi connectivity index (χ1n) is 6.09. The molecular formula is C13H18N2O5. The van der Waals surface area contributed by atoms with Gasteiger partial charge in [-0.3, -0.25) is 14.9 Å². The lowest BCUT2D eigenvalue weighted by Gasteiger charge is -2.21. The first-order chi connectivity index (χ1) is 9.34. The van der Waals surface area contributed by atoms with E-state index in [4.69, 9.17) is 9.84 Å². The molecule has 0 saturated heterocycles. The number of ether oxygens (including phenoxy) is 1. The summed E-state index contributed by atoms with van der Waals surface area (Å²) in [5.74, 6) is -0.0891. The summed E-state index contributed by atoms with van der Waals surface area (Å²) in [5, 5.41) is 22.3. The number of nitrogens with one attached hydrogen (secondary N) is 1. The van der Waals surface area contributed by atoms with Crippen molar-refractivity contribution in [2.75, 3.05) is 19.8 Å². The Morgan fingerprint density at radius 1 is 1.50 bits per heavy atom. The molecule has 0 bridgehead atoms. The number of benzene rings is 1. The molecule has 20 heavy (non-hydrogen) atoms. The van der Waals surface area contributed by atoms with Crippen molar-refractivity contribution in [2.24, 2.45) is 5.41 Å². The van der Waals surface area contributed by atoms with Crippen LogP contribution in [0.25, 0.3) is 0 Å². The van der Waals surface area contributed by atoms with Crippen molar-refractivity contribution in [3.63, 3.8) is 0 Å². The van der Waals surface area contributed by atoms with Crippen LogP contribution in [0.4, 0.5) is 5.69 Å². The minimum absolute atomic E-state index is 0.0426. The van der Waals surface area contributed by atoms with Gasteiger partial charge in [0.2, 0.25) is 0 Å². The van der Waals surface area contributed by atoms with Gasteiger partial charge in [-0.2, -0.15) is 0 Å². The normalized spacial score (nSPS) is 10.9. The lowest BCUT2D eigenvalue weighted by molar-refractivity contribution is -0.384. The Hall–Kier alpha value is -2.15. The van der Waals surface area contributed by atoms with Gasteiger partial charge in [0.25, 0.3) is 11.6 Å². The van der Waals surface area contributed by atoms with E-state index in [2.05, 4.69) is 5.32 Å². The standard InChI is InChI=1S/C13H18N2O5/c1-13(2,9-16)8-14-12(17)7-20-11-5-3-4-10(6-11)15(18)19/h3-6,16H,7-9H2,1-2H3,(H,14,17). The van der Waals surface area contributed by atoms with Crippen LogP contribution in [0.2, 0.25) is 0 Å². The molecule has 1 aromatic carbocycles. The fourth-order valence-electron chi connectivity index (χ4n) is 1.28. The van der Waals surface area contributed by atoms with Gasteiger partial charge < -0.3 is 15.2 Å². The van der Waals surface area contributed by atoms with Crippen molar-refractivity contribution in [2.45, 2.75) is 13.8 Å². The molecule has 110 valence electrons. The predicted octanol–water partition coefficient (Wildman–Crippen LogP) is 1.11. The SMILES string of the molecule is CC(C)(CO)CNC(=O)COc1cccc([N+](=O)[O-])c1. The molecule has 7 nitrogen and oxygen atoms in total. The maximum Gasteiger partial charge on any atom is 0.273 e. The van der Waals surface area contributed by atoms with Gasteiger partial charge in [0.1, 0.15) is 5.75 Å². The molecule has 0 spiro atoms. The number of hydrogen-bond donors (Lipinski definition) is 2. The average Bonchev–Trinajstić information content (AvgIpc) is 2.43. The van der Waals surface area contributed by atoms with Gasteiger partial charge in [0.15, 0.2) is 6.61 Å². The number of nitrogens with zero attached hydrogens (tertiary/aromatic N) is 1. The lowest BCUT2D eigenvalue weighted by atomic mass is 9.95. The molecule has 0 aliphatic heterocycles. The zero-order chi connectivity index (χ0) is 15.2. The summed E-state index contributed by atoms with van der Waals surface area (Å²) in [5.41, 5.74) is -0.495. The molecule has 7 heteroatoms. The van der Waals surface area contributed by atoms with Gasteiger partial charge >= 0.3 is 0 Å². The number of carbonyl (C=O) groups excluding carboxylic acids is 1. The molecule has 1 rings (SSSR count). The molecule has 2 N–H and O–H groups in total. The highest BCUT2D eigenvalue weighted by Gasteiger charge is 2.17. The number of non-ortho nitro benzene ring substituents is 1. The first-order valence-corrected chi connectivity index (χ1v) is 6.09. The lowest BCUT2D eigenvalue weighted by Crippen LogP contribution is -2.38. The van der Waals surface area contributed by atoms with Crippen molar-refractivity contribution >= 4 is 11.6 Å². The Kier molecular flexibility index (Phi) is 5.45. The third-order valence-corrected chi connectivity index (χ3v) is 2.59. The van der Waals surface area contributed by atoms with Gasteiger partial charge in [-0.25, -0.2) is 0 Å². The number of hydrogen-bond acceptors (Lipinski definition) is 5. The summed E-state index contributed by atoms with van der Waals surface area (Å²) in [4.78, 5) is 21.6. The Balaban J connectivity index is 2.45. The Morgan fingerprint density at radius 2 is 2.20 bits per heavy atom. The van der Waals surface area contributed by atoms with Crippen LogP contribution in [0.3, 0.4) is 0 Å². The fourth-order valence-corrected chi connectivity index (χ4v) is 1.28. The van der Waals surface area contributed by atoms with Crippen molar-refractivity contribution in [1.82, 2.24) is 5.32 Å². The van der Waals surface area contributed by atoms with Crippen LogP contribution >= 0.6 is 0 Å². The Labute approximate surface area is 116 Å². The molecule has 1 aromatic rings. The second-order valence-corrected chi connectivity index (χ2v) is 5.14. The molecule has 1 amide bonds. The highest BCUT2D eigenvalue weighted by atomic mass is 16.6. The van der Waals surface area contributed by atoms with Crippen molar-refractivity contribution in [1.29, 1.82) is 0 Å². The number of rotatable bonds is 7. The van der Waals surface area contributed by atoms with E-state index in [0.717, 1.165) is 0 Å². The van der Waals surface area contributed by atoms with E-state index in [9.17, 15) is 14.9 Å². The van der Waals surface area contributed by atoms with Gasteiger partial charge in [-0.05, 0) is 6.07 Å². The second kappa shape index (κ2) is 6.85. The summed E-state index contributed by atoms with van der Waals surface area (Å²) in [7, 11) is 0. The summed E-state index contributed by atoms with van der Waals surface area (Å²) in [6.45, 7) is 3.67. The highest BCUT2D eigenvalue weighted by molar-refractivity contribution is 5.77. The van der Waals surface area contributed by atoms with E-state index in [1.165, 1.54) is 24.3 Å². The van der Waals surface area contributed by atoms with E-state index in [1.807, 2.05) is 13.8 Å². The molecular weight excluding hydrogens is 264 g/mol. The van der Waals surface area contributed by atoms with Crippen LogP contribution in [0.1, 0.15) is 13.8 Å². The van der Waals surface area contributed by atoms with Crippen LogP contribution in [0.5, 0.6) is 5.75 Å². The summed E-state index contributed by atoms with van der Waals surface area (Å²) in [6, 6.07) is 5.62. The zero-order valence-corrected chi connectivity index (χ0v) is 11.5. The van der Waals surface area contributed by atoms with E-state index >= 15 is 0 Å². The number of nitro groups is 1. The van der Waals surface area contributed by atoms with E-state index in [-0.39, 0.29) is 30.6 Å². The van der Waals surface area contributed by atoms with Crippen molar-refractivity contribution in [3.05, 3.63) is 34.4 Å². The Bertz CT molecular complexity index is 487. The van der Waals surface area contributed by atoms with Gasteiger partial charge in [-0.1, -0.05) is 19.9 Å².